The first-order valence-corrected chi connectivity index (χ1v) is 6.43. The third-order valence-corrected chi connectivity index (χ3v) is 2.94. The molecule has 0 saturated carbocycles. The Labute approximate surface area is 105 Å². The van der Waals surface area contributed by atoms with Crippen molar-refractivity contribution in [1.29, 1.82) is 0 Å². The molecule has 0 radical (unpaired) electrons. The second-order valence-electron chi connectivity index (χ2n) is 6.25. The van der Waals surface area contributed by atoms with Gasteiger partial charge in [0.25, 0.3) is 0 Å². The van der Waals surface area contributed by atoms with Gasteiger partial charge in [0.2, 0.25) is 0 Å². The number of nitrogens with one attached hydrogen (secondary N) is 1. The number of rotatable bonds is 1. The molecule has 1 aliphatic rings. The standard InChI is InChI=1S/C13H26N2O2/c1-9(2)11-7-14-10(3)8-15(11)12(16)17-13(4,5)6/h9-11,14H,7-8H2,1-6H3/t10-,11-/m1/s1. The maximum atomic E-state index is 12.2. The van der Waals surface area contributed by atoms with Crippen LogP contribution in [0.15, 0.2) is 0 Å². The van der Waals surface area contributed by atoms with Crippen LogP contribution in [0.3, 0.4) is 0 Å². The van der Waals surface area contributed by atoms with Crippen LogP contribution in [-0.2, 0) is 4.74 Å². The normalized spacial score (nSPS) is 26.2. The molecular formula is C13H26N2O2. The van der Waals surface area contributed by atoms with E-state index in [1.165, 1.54) is 0 Å². The monoisotopic (exact) mass is 242 g/mol. The highest BCUT2D eigenvalue weighted by Gasteiger charge is 2.34. The van der Waals surface area contributed by atoms with Gasteiger partial charge in [0.1, 0.15) is 5.60 Å². The fraction of sp³-hybridized carbons (Fsp3) is 0.923. The van der Waals surface area contributed by atoms with Gasteiger partial charge < -0.3 is 15.0 Å². The van der Waals surface area contributed by atoms with Gasteiger partial charge in [-0.25, -0.2) is 4.79 Å². The van der Waals surface area contributed by atoms with Gasteiger partial charge in [0.15, 0.2) is 0 Å². The maximum Gasteiger partial charge on any atom is 0.410 e. The first-order valence-electron chi connectivity index (χ1n) is 6.43. The summed E-state index contributed by atoms with van der Waals surface area (Å²) in [6.45, 7) is 13.6. The van der Waals surface area contributed by atoms with Crippen LogP contribution in [0.25, 0.3) is 0 Å². The Bertz CT molecular complexity index is 271. The Balaban J connectivity index is 2.72. The molecule has 1 rings (SSSR count). The Kier molecular flexibility index (Phi) is 4.42. The van der Waals surface area contributed by atoms with E-state index in [1.54, 1.807) is 0 Å². The van der Waals surface area contributed by atoms with Gasteiger partial charge >= 0.3 is 6.09 Å². The lowest BCUT2D eigenvalue weighted by atomic mass is 9.99. The van der Waals surface area contributed by atoms with E-state index in [4.69, 9.17) is 4.74 Å². The van der Waals surface area contributed by atoms with E-state index < -0.39 is 5.60 Å². The quantitative estimate of drug-likeness (QED) is 0.766. The van der Waals surface area contributed by atoms with Crippen molar-refractivity contribution >= 4 is 6.09 Å². The van der Waals surface area contributed by atoms with Crippen molar-refractivity contribution in [2.45, 2.75) is 59.2 Å². The number of hydrogen-bond donors (Lipinski definition) is 1. The minimum absolute atomic E-state index is 0.190. The first kappa shape index (κ1) is 14.3. The van der Waals surface area contributed by atoms with Crippen molar-refractivity contribution in [3.05, 3.63) is 0 Å². The van der Waals surface area contributed by atoms with Crippen molar-refractivity contribution in [2.75, 3.05) is 13.1 Å². The molecule has 1 fully saturated rings. The summed E-state index contributed by atoms with van der Waals surface area (Å²) in [5.74, 6) is 0.433. The minimum atomic E-state index is -0.424. The molecular weight excluding hydrogens is 216 g/mol. The Morgan fingerprint density at radius 3 is 2.47 bits per heavy atom. The summed E-state index contributed by atoms with van der Waals surface area (Å²) in [5, 5.41) is 3.41. The summed E-state index contributed by atoms with van der Waals surface area (Å²) < 4.78 is 5.47. The van der Waals surface area contributed by atoms with E-state index >= 15 is 0 Å². The van der Waals surface area contributed by atoms with E-state index in [1.807, 2.05) is 25.7 Å². The van der Waals surface area contributed by atoms with Gasteiger partial charge in [-0.1, -0.05) is 13.8 Å². The molecule has 0 aromatic carbocycles. The van der Waals surface area contributed by atoms with E-state index in [2.05, 4.69) is 26.1 Å². The second-order valence-corrected chi connectivity index (χ2v) is 6.25. The SMILES string of the molecule is CC(C)[C@H]1CN[C@H](C)CN1C(=O)OC(C)(C)C. The number of carbonyl (C=O) groups excluding carboxylic acids is 1. The van der Waals surface area contributed by atoms with Crippen LogP contribution in [0.5, 0.6) is 0 Å². The van der Waals surface area contributed by atoms with Crippen molar-refractivity contribution < 1.29 is 9.53 Å². The molecule has 0 unspecified atom stereocenters. The number of amides is 1. The van der Waals surface area contributed by atoms with Gasteiger partial charge in [-0.15, -0.1) is 0 Å². The zero-order chi connectivity index (χ0) is 13.2. The van der Waals surface area contributed by atoms with Crippen LogP contribution in [0, 0.1) is 5.92 Å². The lowest BCUT2D eigenvalue weighted by molar-refractivity contribution is 0.00215. The first-order chi connectivity index (χ1) is 7.70. The van der Waals surface area contributed by atoms with Crippen LogP contribution in [0.1, 0.15) is 41.5 Å². The van der Waals surface area contributed by atoms with Gasteiger partial charge in [0, 0.05) is 25.2 Å². The van der Waals surface area contributed by atoms with Gasteiger partial charge in [-0.2, -0.15) is 0 Å². The largest absolute Gasteiger partial charge is 0.444 e. The fourth-order valence-electron chi connectivity index (χ4n) is 2.05. The molecule has 1 aliphatic heterocycles. The summed E-state index contributed by atoms with van der Waals surface area (Å²) in [6, 6.07) is 0.554. The molecule has 1 N–H and O–H groups in total. The lowest BCUT2D eigenvalue weighted by Crippen LogP contribution is -2.59. The molecule has 0 aromatic rings. The third-order valence-electron chi connectivity index (χ3n) is 2.94. The average Bonchev–Trinajstić information content (AvgIpc) is 2.14. The van der Waals surface area contributed by atoms with Crippen molar-refractivity contribution in [1.82, 2.24) is 10.2 Å². The minimum Gasteiger partial charge on any atom is -0.444 e. The van der Waals surface area contributed by atoms with Crippen molar-refractivity contribution in [3.8, 4) is 0 Å². The Hall–Kier alpha value is -0.770. The fourth-order valence-corrected chi connectivity index (χ4v) is 2.05. The molecule has 0 aliphatic carbocycles. The summed E-state index contributed by atoms with van der Waals surface area (Å²) >= 11 is 0. The van der Waals surface area contributed by atoms with E-state index in [9.17, 15) is 4.79 Å². The summed E-state index contributed by atoms with van der Waals surface area (Å²) in [4.78, 5) is 14.0. The van der Waals surface area contributed by atoms with Gasteiger partial charge in [0.05, 0.1) is 0 Å². The van der Waals surface area contributed by atoms with E-state index in [-0.39, 0.29) is 12.1 Å². The molecule has 1 saturated heterocycles. The molecule has 0 bridgehead atoms. The lowest BCUT2D eigenvalue weighted by Gasteiger charge is -2.41. The zero-order valence-electron chi connectivity index (χ0n) is 11.9. The van der Waals surface area contributed by atoms with Gasteiger partial charge in [-0.3, -0.25) is 0 Å². The highest BCUT2D eigenvalue weighted by molar-refractivity contribution is 5.68. The Morgan fingerprint density at radius 1 is 1.41 bits per heavy atom. The maximum absolute atomic E-state index is 12.2. The second kappa shape index (κ2) is 5.25. The molecule has 4 heteroatoms. The molecule has 0 spiro atoms. The Morgan fingerprint density at radius 2 is 2.00 bits per heavy atom. The average molecular weight is 242 g/mol. The number of carbonyl (C=O) groups is 1. The third kappa shape index (κ3) is 4.19. The van der Waals surface area contributed by atoms with Crippen LogP contribution in [-0.4, -0.2) is 41.8 Å². The predicted octanol–water partition coefficient (Wildman–Crippen LogP) is 2.24. The van der Waals surface area contributed by atoms with Crippen molar-refractivity contribution in [2.24, 2.45) is 5.92 Å². The van der Waals surface area contributed by atoms with E-state index in [0.717, 1.165) is 13.1 Å². The number of nitrogens with zero attached hydrogens (tertiary/aromatic N) is 1. The molecule has 1 heterocycles. The number of piperazine rings is 1. The van der Waals surface area contributed by atoms with Crippen LogP contribution in [0.2, 0.25) is 0 Å². The van der Waals surface area contributed by atoms with Crippen LogP contribution < -0.4 is 5.32 Å². The number of ether oxygens (including phenoxy) is 1. The summed E-state index contributed by atoms with van der Waals surface area (Å²) in [7, 11) is 0. The molecule has 17 heavy (non-hydrogen) atoms. The molecule has 1 amide bonds. The molecule has 2 atom stereocenters. The molecule has 4 nitrogen and oxygen atoms in total. The molecule has 0 aromatic heterocycles. The topological polar surface area (TPSA) is 41.6 Å². The van der Waals surface area contributed by atoms with Crippen molar-refractivity contribution in [3.63, 3.8) is 0 Å². The van der Waals surface area contributed by atoms with E-state index in [0.29, 0.717) is 12.0 Å². The highest BCUT2D eigenvalue weighted by atomic mass is 16.6. The molecule has 100 valence electrons. The summed E-state index contributed by atoms with van der Waals surface area (Å²) in [5.41, 5.74) is -0.424. The zero-order valence-corrected chi connectivity index (χ0v) is 11.9. The van der Waals surface area contributed by atoms with Crippen LogP contribution in [0.4, 0.5) is 4.79 Å². The smallest absolute Gasteiger partial charge is 0.410 e. The number of hydrogen-bond acceptors (Lipinski definition) is 3. The highest BCUT2D eigenvalue weighted by Crippen LogP contribution is 2.19. The van der Waals surface area contributed by atoms with Crippen LogP contribution >= 0.6 is 0 Å². The van der Waals surface area contributed by atoms with Gasteiger partial charge in [-0.05, 0) is 33.6 Å². The summed E-state index contributed by atoms with van der Waals surface area (Å²) in [6.07, 6.45) is -0.190. The predicted molar refractivity (Wildman–Crippen MR) is 69.0 cm³/mol.